The van der Waals surface area contributed by atoms with E-state index in [9.17, 15) is 13.2 Å². The SMILES string of the molecule is OCCC1CCCCN1c1nc(C(F)(F)F)ns1. The maximum absolute atomic E-state index is 12.4. The summed E-state index contributed by atoms with van der Waals surface area (Å²) in [5.74, 6) is -1.07. The van der Waals surface area contributed by atoms with E-state index in [0.29, 0.717) is 18.1 Å². The predicted molar refractivity (Wildman–Crippen MR) is 61.6 cm³/mol. The van der Waals surface area contributed by atoms with Crippen molar-refractivity contribution >= 4 is 16.7 Å². The Morgan fingerprint density at radius 3 is 2.78 bits per heavy atom. The van der Waals surface area contributed by atoms with Gasteiger partial charge in [0.1, 0.15) is 0 Å². The van der Waals surface area contributed by atoms with Crippen LogP contribution in [0.4, 0.5) is 18.3 Å². The van der Waals surface area contributed by atoms with Crippen LogP contribution in [0.3, 0.4) is 0 Å². The topological polar surface area (TPSA) is 49.2 Å². The molecule has 1 fully saturated rings. The Hall–Kier alpha value is -0.890. The van der Waals surface area contributed by atoms with Crippen LogP contribution >= 0.6 is 11.5 Å². The smallest absolute Gasteiger partial charge is 0.396 e. The lowest BCUT2D eigenvalue weighted by Gasteiger charge is -2.34. The predicted octanol–water partition coefficient (Wildman–Crippen LogP) is 2.30. The lowest BCUT2D eigenvalue weighted by Crippen LogP contribution is -2.40. The van der Waals surface area contributed by atoms with Gasteiger partial charge in [-0.15, -0.1) is 0 Å². The largest absolute Gasteiger partial charge is 0.452 e. The first-order valence-corrected chi connectivity index (χ1v) is 6.58. The fraction of sp³-hybridized carbons (Fsp3) is 0.800. The molecule has 1 N–H and O–H groups in total. The van der Waals surface area contributed by atoms with Crippen LogP contribution in [0.25, 0.3) is 0 Å². The van der Waals surface area contributed by atoms with Crippen LogP contribution in [0.15, 0.2) is 0 Å². The minimum Gasteiger partial charge on any atom is -0.396 e. The lowest BCUT2D eigenvalue weighted by molar-refractivity contribution is -0.144. The molecule has 2 heterocycles. The summed E-state index contributed by atoms with van der Waals surface area (Å²) in [4.78, 5) is 5.40. The second-order valence-corrected chi connectivity index (χ2v) is 4.98. The minimum absolute atomic E-state index is 0.0338. The highest BCUT2D eigenvalue weighted by Crippen LogP contribution is 2.33. The number of halogens is 3. The third-order valence-electron chi connectivity index (χ3n) is 3.00. The highest BCUT2D eigenvalue weighted by molar-refractivity contribution is 7.09. The lowest BCUT2D eigenvalue weighted by atomic mass is 10.0. The van der Waals surface area contributed by atoms with Gasteiger partial charge in [-0.1, -0.05) is 0 Å². The maximum atomic E-state index is 12.4. The van der Waals surface area contributed by atoms with Gasteiger partial charge in [0.2, 0.25) is 11.0 Å². The first-order valence-electron chi connectivity index (χ1n) is 5.81. The molecule has 0 saturated carbocycles. The van der Waals surface area contributed by atoms with Gasteiger partial charge in [0, 0.05) is 30.7 Å². The molecule has 0 bridgehead atoms. The Morgan fingerprint density at radius 2 is 2.17 bits per heavy atom. The average molecular weight is 281 g/mol. The third kappa shape index (κ3) is 2.92. The molecule has 0 spiro atoms. The number of hydrogen-bond acceptors (Lipinski definition) is 5. The molecule has 0 amide bonds. The molecule has 18 heavy (non-hydrogen) atoms. The summed E-state index contributed by atoms with van der Waals surface area (Å²) in [6, 6.07) is 0.0674. The number of alkyl halides is 3. The van der Waals surface area contributed by atoms with E-state index in [-0.39, 0.29) is 12.6 Å². The fourth-order valence-corrected chi connectivity index (χ4v) is 2.93. The minimum atomic E-state index is -4.49. The summed E-state index contributed by atoms with van der Waals surface area (Å²) in [7, 11) is 0. The first kappa shape index (κ1) is 13.5. The van der Waals surface area contributed by atoms with Crippen molar-refractivity contribution in [3.05, 3.63) is 5.82 Å². The highest BCUT2D eigenvalue weighted by Gasteiger charge is 2.37. The molecule has 1 aromatic rings. The van der Waals surface area contributed by atoms with Crippen LogP contribution in [0.2, 0.25) is 0 Å². The normalized spacial score (nSPS) is 21.3. The molecule has 0 aromatic carbocycles. The van der Waals surface area contributed by atoms with Crippen LogP contribution in [0.5, 0.6) is 0 Å². The standard InChI is InChI=1S/C10H14F3N3OS/c11-10(12,13)8-14-9(18-15-8)16-5-2-1-3-7(16)4-6-17/h7,17H,1-6H2. The Balaban J connectivity index is 2.15. The van der Waals surface area contributed by atoms with Crippen LogP contribution in [0, 0.1) is 0 Å². The molecule has 0 radical (unpaired) electrons. The molecule has 1 atom stereocenters. The number of nitrogens with zero attached hydrogens (tertiary/aromatic N) is 3. The van der Waals surface area contributed by atoms with Gasteiger partial charge in [-0.05, 0) is 25.7 Å². The van der Waals surface area contributed by atoms with Crippen molar-refractivity contribution in [2.75, 3.05) is 18.1 Å². The summed E-state index contributed by atoms with van der Waals surface area (Å²) < 4.78 is 40.7. The second-order valence-electron chi connectivity index (χ2n) is 4.25. The summed E-state index contributed by atoms with van der Waals surface area (Å²) in [6.07, 6.45) is -1.09. The molecule has 1 aliphatic heterocycles. The Bertz CT molecular complexity index is 394. The molecular weight excluding hydrogens is 267 g/mol. The van der Waals surface area contributed by atoms with E-state index in [1.54, 1.807) is 0 Å². The number of aliphatic hydroxyl groups is 1. The van der Waals surface area contributed by atoms with Crippen molar-refractivity contribution in [3.8, 4) is 0 Å². The van der Waals surface area contributed by atoms with E-state index in [2.05, 4.69) is 9.36 Å². The Labute approximate surface area is 107 Å². The molecule has 102 valence electrons. The average Bonchev–Trinajstić information content (AvgIpc) is 2.79. The molecule has 2 rings (SSSR count). The Morgan fingerprint density at radius 1 is 1.39 bits per heavy atom. The van der Waals surface area contributed by atoms with Gasteiger partial charge in [-0.2, -0.15) is 22.5 Å². The monoisotopic (exact) mass is 281 g/mol. The number of piperidine rings is 1. The van der Waals surface area contributed by atoms with Gasteiger partial charge in [-0.25, -0.2) is 0 Å². The quantitative estimate of drug-likeness (QED) is 0.923. The van der Waals surface area contributed by atoms with E-state index < -0.39 is 12.0 Å². The van der Waals surface area contributed by atoms with E-state index >= 15 is 0 Å². The van der Waals surface area contributed by atoms with Gasteiger partial charge >= 0.3 is 6.18 Å². The molecule has 1 unspecified atom stereocenters. The summed E-state index contributed by atoms with van der Waals surface area (Å²) in [6.45, 7) is 0.712. The van der Waals surface area contributed by atoms with Gasteiger partial charge in [0.25, 0.3) is 0 Å². The van der Waals surface area contributed by atoms with Crippen molar-refractivity contribution in [2.45, 2.75) is 37.9 Å². The summed E-state index contributed by atoms with van der Waals surface area (Å²) in [5, 5.41) is 9.28. The molecule has 1 saturated heterocycles. The number of aromatic nitrogens is 2. The molecule has 1 aromatic heterocycles. The number of rotatable bonds is 3. The van der Waals surface area contributed by atoms with E-state index in [1.165, 1.54) is 0 Å². The molecule has 1 aliphatic rings. The van der Waals surface area contributed by atoms with Crippen molar-refractivity contribution < 1.29 is 18.3 Å². The van der Waals surface area contributed by atoms with Crippen LogP contribution < -0.4 is 4.90 Å². The zero-order valence-electron chi connectivity index (χ0n) is 9.65. The van der Waals surface area contributed by atoms with Gasteiger partial charge in [-0.3, -0.25) is 0 Å². The van der Waals surface area contributed by atoms with E-state index in [1.807, 2.05) is 4.90 Å². The van der Waals surface area contributed by atoms with Crippen molar-refractivity contribution in [1.82, 2.24) is 9.36 Å². The zero-order valence-corrected chi connectivity index (χ0v) is 10.5. The fourth-order valence-electron chi connectivity index (χ4n) is 2.15. The summed E-state index contributed by atoms with van der Waals surface area (Å²) >= 11 is 0.776. The molecule has 8 heteroatoms. The van der Waals surface area contributed by atoms with Crippen LogP contribution in [-0.2, 0) is 6.18 Å². The second kappa shape index (κ2) is 5.40. The van der Waals surface area contributed by atoms with E-state index in [4.69, 9.17) is 5.11 Å². The summed E-state index contributed by atoms with van der Waals surface area (Å²) in [5.41, 5.74) is 0. The highest BCUT2D eigenvalue weighted by atomic mass is 32.1. The third-order valence-corrected chi connectivity index (χ3v) is 3.76. The number of hydrogen-bond donors (Lipinski definition) is 1. The van der Waals surface area contributed by atoms with Gasteiger partial charge in [0.05, 0.1) is 0 Å². The zero-order chi connectivity index (χ0) is 13.2. The number of aliphatic hydroxyl groups excluding tert-OH is 1. The van der Waals surface area contributed by atoms with Crippen LogP contribution in [0.1, 0.15) is 31.5 Å². The van der Waals surface area contributed by atoms with Crippen molar-refractivity contribution in [3.63, 3.8) is 0 Å². The molecule has 4 nitrogen and oxygen atoms in total. The Kier molecular flexibility index (Phi) is 4.06. The van der Waals surface area contributed by atoms with Crippen LogP contribution in [-0.4, -0.2) is 33.7 Å². The van der Waals surface area contributed by atoms with E-state index in [0.717, 1.165) is 30.8 Å². The first-order chi connectivity index (χ1) is 8.52. The molecule has 0 aliphatic carbocycles. The maximum Gasteiger partial charge on any atom is 0.452 e. The van der Waals surface area contributed by atoms with Gasteiger partial charge in [0.15, 0.2) is 0 Å². The van der Waals surface area contributed by atoms with Gasteiger partial charge < -0.3 is 10.0 Å². The van der Waals surface area contributed by atoms with Crippen molar-refractivity contribution in [1.29, 1.82) is 0 Å². The van der Waals surface area contributed by atoms with Crippen molar-refractivity contribution in [2.24, 2.45) is 0 Å². The molecular formula is C10H14F3N3OS. The number of anilines is 1.